The van der Waals surface area contributed by atoms with Crippen molar-refractivity contribution < 1.29 is 21.9 Å². The Labute approximate surface area is 97.4 Å². The van der Waals surface area contributed by atoms with Gasteiger partial charge < -0.3 is 4.74 Å². The molecule has 1 aromatic carbocycles. The average molecular weight is 261 g/mol. The summed E-state index contributed by atoms with van der Waals surface area (Å²) in [6, 6.07) is 2.50. The summed E-state index contributed by atoms with van der Waals surface area (Å²) in [5, 5.41) is 8.48. The van der Waals surface area contributed by atoms with Crippen molar-refractivity contribution >= 4 is 9.84 Å². The molecule has 92 valence electrons. The monoisotopic (exact) mass is 261 g/mol. The largest absolute Gasteiger partial charge is 0.493 e. The molecular formula is C10H9F2NO3S. The molecular weight excluding hydrogens is 252 g/mol. The second-order valence-electron chi connectivity index (χ2n) is 3.30. The van der Waals surface area contributed by atoms with Crippen molar-refractivity contribution in [3.05, 3.63) is 23.3 Å². The molecule has 0 aliphatic rings. The van der Waals surface area contributed by atoms with Crippen molar-refractivity contribution in [2.75, 3.05) is 13.4 Å². The predicted octanol–water partition coefficient (Wildman–Crippen LogP) is 1.44. The molecule has 0 saturated heterocycles. The van der Waals surface area contributed by atoms with Crippen molar-refractivity contribution in [1.82, 2.24) is 0 Å². The van der Waals surface area contributed by atoms with Crippen LogP contribution in [-0.4, -0.2) is 21.8 Å². The van der Waals surface area contributed by atoms with Gasteiger partial charge in [-0.05, 0) is 6.07 Å². The van der Waals surface area contributed by atoms with Crippen LogP contribution in [0, 0.1) is 23.0 Å². The fourth-order valence-corrected chi connectivity index (χ4v) is 2.24. The molecule has 17 heavy (non-hydrogen) atoms. The van der Waals surface area contributed by atoms with Gasteiger partial charge in [-0.1, -0.05) is 0 Å². The number of nitrogens with zero attached hydrogens (tertiary/aromatic N) is 1. The Bertz CT molecular complexity index is 591. The molecule has 0 radical (unpaired) electrons. The van der Waals surface area contributed by atoms with Crippen LogP contribution in [0.15, 0.2) is 11.0 Å². The van der Waals surface area contributed by atoms with Crippen molar-refractivity contribution in [1.29, 1.82) is 5.26 Å². The van der Waals surface area contributed by atoms with Crippen LogP contribution in [0.1, 0.15) is 5.56 Å². The predicted molar refractivity (Wildman–Crippen MR) is 55.3 cm³/mol. The van der Waals surface area contributed by atoms with Crippen LogP contribution < -0.4 is 4.74 Å². The van der Waals surface area contributed by atoms with Crippen LogP contribution >= 0.6 is 0 Å². The molecule has 1 aromatic rings. The van der Waals surface area contributed by atoms with E-state index in [9.17, 15) is 17.2 Å². The van der Waals surface area contributed by atoms with Gasteiger partial charge in [0, 0.05) is 11.8 Å². The highest BCUT2D eigenvalue weighted by Crippen LogP contribution is 2.31. The van der Waals surface area contributed by atoms with Crippen molar-refractivity contribution in [3.63, 3.8) is 0 Å². The number of sulfone groups is 1. The van der Waals surface area contributed by atoms with E-state index in [4.69, 9.17) is 5.26 Å². The fourth-order valence-electron chi connectivity index (χ4n) is 1.41. The minimum Gasteiger partial charge on any atom is -0.493 e. The third-order valence-corrected chi connectivity index (χ3v) is 3.17. The number of hydrogen-bond donors (Lipinski definition) is 0. The lowest BCUT2D eigenvalue weighted by molar-refractivity contribution is 0.371. The first-order valence-corrected chi connectivity index (χ1v) is 6.34. The van der Waals surface area contributed by atoms with Crippen LogP contribution in [0.2, 0.25) is 0 Å². The molecule has 7 heteroatoms. The number of rotatable bonds is 3. The van der Waals surface area contributed by atoms with Gasteiger partial charge in [-0.3, -0.25) is 0 Å². The summed E-state index contributed by atoms with van der Waals surface area (Å²) in [5.41, 5.74) is -0.0302. The molecule has 0 amide bonds. The molecule has 0 atom stereocenters. The van der Waals surface area contributed by atoms with Crippen LogP contribution in [-0.2, 0) is 16.3 Å². The molecule has 0 bridgehead atoms. The van der Waals surface area contributed by atoms with Gasteiger partial charge in [0.1, 0.15) is 10.7 Å². The van der Waals surface area contributed by atoms with Crippen molar-refractivity contribution in [3.8, 4) is 11.8 Å². The van der Waals surface area contributed by atoms with Gasteiger partial charge in [-0.15, -0.1) is 0 Å². The maximum absolute atomic E-state index is 13.8. The lowest BCUT2D eigenvalue weighted by Gasteiger charge is -2.11. The van der Waals surface area contributed by atoms with E-state index in [1.54, 1.807) is 6.07 Å². The zero-order valence-electron chi connectivity index (χ0n) is 9.12. The zero-order valence-corrected chi connectivity index (χ0v) is 9.94. The molecule has 0 saturated carbocycles. The summed E-state index contributed by atoms with van der Waals surface area (Å²) in [7, 11) is -2.93. The van der Waals surface area contributed by atoms with Crippen LogP contribution in [0.5, 0.6) is 5.75 Å². The maximum Gasteiger partial charge on any atom is 0.186 e. The minimum atomic E-state index is -4.04. The summed E-state index contributed by atoms with van der Waals surface area (Å²) < 4.78 is 54.3. The number of halogens is 2. The van der Waals surface area contributed by atoms with Crippen LogP contribution in [0.3, 0.4) is 0 Å². The molecule has 0 aliphatic heterocycles. The summed E-state index contributed by atoms with van der Waals surface area (Å²) >= 11 is 0. The van der Waals surface area contributed by atoms with Gasteiger partial charge in [0.05, 0.1) is 19.6 Å². The first-order chi connectivity index (χ1) is 7.82. The lowest BCUT2D eigenvalue weighted by Crippen LogP contribution is -2.08. The SMILES string of the molecule is COc1c(CC#N)cc(F)c(S(C)(=O)=O)c1F. The highest BCUT2D eigenvalue weighted by Gasteiger charge is 2.25. The molecule has 0 N–H and O–H groups in total. The first kappa shape index (κ1) is 13.4. The van der Waals surface area contributed by atoms with Gasteiger partial charge in [0.15, 0.2) is 21.4 Å². The van der Waals surface area contributed by atoms with Crippen LogP contribution in [0.4, 0.5) is 8.78 Å². The third-order valence-electron chi connectivity index (χ3n) is 2.05. The number of methoxy groups -OCH3 is 1. The van der Waals surface area contributed by atoms with Crippen LogP contribution in [0.25, 0.3) is 0 Å². The Morgan fingerprint density at radius 2 is 2.06 bits per heavy atom. The molecule has 0 aromatic heterocycles. The van der Waals surface area contributed by atoms with E-state index in [1.807, 2.05) is 0 Å². The lowest BCUT2D eigenvalue weighted by atomic mass is 10.1. The Balaban J connectivity index is 3.65. The minimum absolute atomic E-state index is 0.0302. The number of hydrogen-bond acceptors (Lipinski definition) is 4. The van der Waals surface area contributed by atoms with E-state index in [1.165, 1.54) is 0 Å². The number of ether oxygens (including phenoxy) is 1. The van der Waals surface area contributed by atoms with E-state index in [0.717, 1.165) is 13.2 Å². The fraction of sp³-hybridized carbons (Fsp3) is 0.300. The summed E-state index contributed by atoms with van der Waals surface area (Å²) in [6.07, 6.45) is 0.416. The zero-order chi connectivity index (χ0) is 13.2. The second-order valence-corrected chi connectivity index (χ2v) is 5.25. The van der Waals surface area contributed by atoms with Crippen molar-refractivity contribution in [2.24, 2.45) is 0 Å². The van der Waals surface area contributed by atoms with Crippen molar-refractivity contribution in [2.45, 2.75) is 11.3 Å². The molecule has 0 fully saturated rings. The van der Waals surface area contributed by atoms with Gasteiger partial charge in [0.2, 0.25) is 0 Å². The Morgan fingerprint density at radius 1 is 1.47 bits per heavy atom. The molecule has 4 nitrogen and oxygen atoms in total. The molecule has 1 rings (SSSR count). The smallest absolute Gasteiger partial charge is 0.186 e. The highest BCUT2D eigenvalue weighted by atomic mass is 32.2. The molecule has 0 spiro atoms. The van der Waals surface area contributed by atoms with E-state index in [0.29, 0.717) is 6.26 Å². The molecule has 0 aliphatic carbocycles. The molecule has 0 heterocycles. The van der Waals surface area contributed by atoms with E-state index >= 15 is 0 Å². The topological polar surface area (TPSA) is 67.2 Å². The van der Waals surface area contributed by atoms with Gasteiger partial charge in [0.25, 0.3) is 0 Å². The van der Waals surface area contributed by atoms with Gasteiger partial charge in [-0.25, -0.2) is 17.2 Å². The van der Waals surface area contributed by atoms with E-state index < -0.39 is 32.1 Å². The van der Waals surface area contributed by atoms with E-state index in [2.05, 4.69) is 4.74 Å². The van der Waals surface area contributed by atoms with Gasteiger partial charge in [-0.2, -0.15) is 5.26 Å². The first-order valence-electron chi connectivity index (χ1n) is 4.44. The quantitative estimate of drug-likeness (QED) is 0.825. The summed E-state index contributed by atoms with van der Waals surface area (Å²) in [6.45, 7) is 0. The maximum atomic E-state index is 13.8. The number of nitriles is 1. The second kappa shape index (κ2) is 4.67. The average Bonchev–Trinajstić information content (AvgIpc) is 2.15. The van der Waals surface area contributed by atoms with Gasteiger partial charge >= 0.3 is 0 Å². The Kier molecular flexibility index (Phi) is 3.68. The molecule has 0 unspecified atom stereocenters. The summed E-state index contributed by atoms with van der Waals surface area (Å²) in [4.78, 5) is -1.05. The summed E-state index contributed by atoms with van der Waals surface area (Å²) in [5.74, 6) is -2.95. The third kappa shape index (κ3) is 2.53. The Hall–Kier alpha value is -1.68. The highest BCUT2D eigenvalue weighted by molar-refractivity contribution is 7.90. The number of benzene rings is 1. The standard InChI is InChI=1S/C10H9F2NO3S/c1-16-9-6(3-4-13)5-7(11)10(8(9)12)17(2,14)15/h5H,3H2,1-2H3. The van der Waals surface area contributed by atoms with E-state index in [-0.39, 0.29) is 12.0 Å². The normalized spacial score (nSPS) is 11.0. The Morgan fingerprint density at radius 3 is 2.47 bits per heavy atom.